The summed E-state index contributed by atoms with van der Waals surface area (Å²) in [7, 11) is -3.42. The van der Waals surface area contributed by atoms with Gasteiger partial charge >= 0.3 is 0 Å². The van der Waals surface area contributed by atoms with Gasteiger partial charge in [0.1, 0.15) is 0 Å². The molecule has 0 aromatic heterocycles. The molecule has 1 aliphatic carbocycles. The number of sulfonamides is 1. The van der Waals surface area contributed by atoms with E-state index in [1.165, 1.54) is 5.56 Å². The molecular weight excluding hydrogens is 360 g/mol. The lowest BCUT2D eigenvalue weighted by atomic mass is 9.99. The summed E-state index contributed by atoms with van der Waals surface area (Å²) < 4.78 is 27.6. The molecule has 2 aromatic rings. The minimum Gasteiger partial charge on any atom is -0.338 e. The predicted molar refractivity (Wildman–Crippen MR) is 106 cm³/mol. The van der Waals surface area contributed by atoms with E-state index in [2.05, 4.69) is 4.72 Å². The number of hydrogen-bond donors (Lipinski definition) is 1. The molecule has 0 bridgehead atoms. The van der Waals surface area contributed by atoms with Gasteiger partial charge in [-0.25, -0.2) is 8.42 Å². The number of nitrogens with zero attached hydrogens (tertiary/aromatic N) is 1. The average molecular weight is 385 g/mol. The van der Waals surface area contributed by atoms with Gasteiger partial charge in [-0.15, -0.1) is 0 Å². The molecule has 5 nitrogen and oxygen atoms in total. The predicted octanol–water partition coefficient (Wildman–Crippen LogP) is 2.97. The molecule has 1 saturated carbocycles. The summed E-state index contributed by atoms with van der Waals surface area (Å²) >= 11 is 0. The van der Waals surface area contributed by atoms with Crippen LogP contribution in [0, 0.1) is 5.92 Å². The van der Waals surface area contributed by atoms with Crippen molar-refractivity contribution < 1.29 is 13.2 Å². The summed E-state index contributed by atoms with van der Waals surface area (Å²) in [5.41, 5.74) is 3.81. The van der Waals surface area contributed by atoms with Crippen LogP contribution in [-0.2, 0) is 34.2 Å². The van der Waals surface area contributed by atoms with Crippen LogP contribution in [-0.4, -0.2) is 31.5 Å². The molecule has 6 heteroatoms. The first-order valence-electron chi connectivity index (χ1n) is 9.45. The Balaban J connectivity index is 1.42. The van der Waals surface area contributed by atoms with Crippen LogP contribution in [0.25, 0.3) is 0 Å². The quantitative estimate of drug-likeness (QED) is 0.833. The highest BCUT2D eigenvalue weighted by Gasteiger charge is 2.34. The van der Waals surface area contributed by atoms with E-state index in [0.717, 1.165) is 36.9 Å². The van der Waals surface area contributed by atoms with Gasteiger partial charge in [0.05, 0.1) is 5.75 Å². The second-order valence-corrected chi connectivity index (χ2v) is 9.27. The fourth-order valence-corrected chi connectivity index (χ4v) is 4.62. The van der Waals surface area contributed by atoms with Crippen molar-refractivity contribution in [2.24, 2.45) is 5.92 Å². The van der Waals surface area contributed by atoms with Crippen LogP contribution in [0.5, 0.6) is 0 Å². The Morgan fingerprint density at radius 3 is 2.59 bits per heavy atom. The molecular formula is C21H24N2O3S. The van der Waals surface area contributed by atoms with Crippen LogP contribution in [0.2, 0.25) is 0 Å². The van der Waals surface area contributed by atoms with Crippen LogP contribution < -0.4 is 4.72 Å². The van der Waals surface area contributed by atoms with Crippen molar-refractivity contribution in [1.82, 2.24) is 4.90 Å². The van der Waals surface area contributed by atoms with Crippen molar-refractivity contribution in [3.05, 3.63) is 65.2 Å². The Bertz CT molecular complexity index is 937. The molecule has 1 heterocycles. The molecule has 1 aliphatic heterocycles. The molecule has 0 saturated heterocycles. The number of nitrogens with one attached hydrogen (secondary N) is 1. The number of amides is 1. The van der Waals surface area contributed by atoms with Gasteiger partial charge in [0.2, 0.25) is 15.9 Å². The van der Waals surface area contributed by atoms with E-state index in [9.17, 15) is 13.2 Å². The molecule has 0 spiro atoms. The number of carbonyl (C=O) groups is 1. The van der Waals surface area contributed by atoms with Crippen molar-refractivity contribution in [1.29, 1.82) is 0 Å². The summed E-state index contributed by atoms with van der Waals surface area (Å²) in [6.07, 6.45) is 3.31. The average Bonchev–Trinajstić information content (AvgIpc) is 3.51. The Morgan fingerprint density at radius 1 is 1.07 bits per heavy atom. The molecule has 1 fully saturated rings. The topological polar surface area (TPSA) is 66.5 Å². The van der Waals surface area contributed by atoms with Gasteiger partial charge in [0.15, 0.2) is 0 Å². The summed E-state index contributed by atoms with van der Waals surface area (Å²) in [4.78, 5) is 14.2. The number of rotatable bonds is 6. The van der Waals surface area contributed by atoms with E-state index in [-0.39, 0.29) is 17.6 Å². The van der Waals surface area contributed by atoms with Crippen LogP contribution in [0.15, 0.2) is 48.5 Å². The molecule has 142 valence electrons. The second-order valence-electron chi connectivity index (χ2n) is 7.42. The van der Waals surface area contributed by atoms with Crippen LogP contribution in [0.1, 0.15) is 29.5 Å². The first-order chi connectivity index (χ1) is 13.0. The molecule has 0 radical (unpaired) electrons. The lowest BCUT2D eigenvalue weighted by Gasteiger charge is -2.29. The van der Waals surface area contributed by atoms with Gasteiger partial charge in [0.25, 0.3) is 0 Å². The number of hydrogen-bond acceptors (Lipinski definition) is 3. The smallest absolute Gasteiger partial charge is 0.233 e. The zero-order valence-electron chi connectivity index (χ0n) is 15.2. The van der Waals surface area contributed by atoms with Crippen LogP contribution in [0.4, 0.5) is 5.69 Å². The number of carbonyl (C=O) groups excluding carboxylic acids is 1. The summed E-state index contributed by atoms with van der Waals surface area (Å²) in [6.45, 7) is 1.33. The van der Waals surface area contributed by atoms with Crippen molar-refractivity contribution in [3.63, 3.8) is 0 Å². The molecule has 2 aromatic carbocycles. The zero-order chi connectivity index (χ0) is 18.9. The second kappa shape index (κ2) is 7.35. The summed E-state index contributed by atoms with van der Waals surface area (Å²) in [5, 5.41) is 0. The Morgan fingerprint density at radius 2 is 1.85 bits per heavy atom. The fraction of sp³-hybridized carbons (Fsp3) is 0.381. The van der Waals surface area contributed by atoms with E-state index < -0.39 is 10.0 Å². The first-order valence-corrected chi connectivity index (χ1v) is 11.1. The minimum atomic E-state index is -3.42. The zero-order valence-corrected chi connectivity index (χ0v) is 16.0. The number of fused-ring (bicyclic) bond motifs is 1. The summed E-state index contributed by atoms with van der Waals surface area (Å²) in [5.74, 6) is 0.501. The molecule has 0 atom stereocenters. The number of benzene rings is 2. The maximum absolute atomic E-state index is 12.4. The molecule has 4 rings (SSSR count). The molecule has 1 amide bonds. The van der Waals surface area contributed by atoms with Crippen molar-refractivity contribution in [2.75, 3.05) is 17.0 Å². The SMILES string of the molecule is O=C(C1CC1)N1CCc2ccc(NS(=O)(=O)CCc3ccccc3)cc2C1. The minimum absolute atomic E-state index is 0.0421. The number of anilines is 1. The van der Waals surface area contributed by atoms with Gasteiger partial charge in [-0.1, -0.05) is 36.4 Å². The maximum Gasteiger partial charge on any atom is 0.233 e. The molecule has 1 N–H and O–H groups in total. The third-order valence-corrected chi connectivity index (χ3v) is 6.52. The van der Waals surface area contributed by atoms with Crippen LogP contribution >= 0.6 is 0 Å². The standard InChI is InChI=1S/C21H24N2O3S/c24-21(18-6-7-18)23-12-10-17-8-9-20(14-19(17)15-23)22-27(25,26)13-11-16-4-2-1-3-5-16/h1-5,8-9,14,18,22H,6-7,10-13,15H2. The fourth-order valence-electron chi connectivity index (χ4n) is 3.52. The van der Waals surface area contributed by atoms with E-state index in [0.29, 0.717) is 18.7 Å². The maximum atomic E-state index is 12.4. The molecule has 27 heavy (non-hydrogen) atoms. The monoisotopic (exact) mass is 384 g/mol. The third kappa shape index (κ3) is 4.50. The lowest BCUT2D eigenvalue weighted by Crippen LogP contribution is -2.36. The van der Waals surface area contributed by atoms with E-state index >= 15 is 0 Å². The van der Waals surface area contributed by atoms with E-state index in [1.54, 1.807) is 0 Å². The van der Waals surface area contributed by atoms with Crippen molar-refractivity contribution >= 4 is 21.6 Å². The Labute approximate surface area is 160 Å². The van der Waals surface area contributed by atoms with E-state index in [1.807, 2.05) is 53.4 Å². The Kier molecular flexibility index (Phi) is 4.91. The first kappa shape index (κ1) is 18.0. The highest BCUT2D eigenvalue weighted by molar-refractivity contribution is 7.92. The van der Waals surface area contributed by atoms with Gasteiger partial charge in [-0.2, -0.15) is 0 Å². The lowest BCUT2D eigenvalue weighted by molar-refractivity contribution is -0.133. The normalized spacial score (nSPS) is 16.7. The summed E-state index contributed by atoms with van der Waals surface area (Å²) in [6, 6.07) is 15.3. The largest absolute Gasteiger partial charge is 0.338 e. The van der Waals surface area contributed by atoms with E-state index in [4.69, 9.17) is 0 Å². The Hall–Kier alpha value is -2.34. The number of aryl methyl sites for hydroxylation is 1. The van der Waals surface area contributed by atoms with Crippen molar-refractivity contribution in [2.45, 2.75) is 32.2 Å². The van der Waals surface area contributed by atoms with Crippen molar-refractivity contribution in [3.8, 4) is 0 Å². The van der Waals surface area contributed by atoms with Crippen LogP contribution in [0.3, 0.4) is 0 Å². The van der Waals surface area contributed by atoms with Gasteiger partial charge < -0.3 is 4.90 Å². The van der Waals surface area contributed by atoms with Gasteiger partial charge in [-0.05, 0) is 54.5 Å². The van der Waals surface area contributed by atoms with Gasteiger partial charge in [-0.3, -0.25) is 9.52 Å². The van der Waals surface area contributed by atoms with Gasteiger partial charge in [0, 0.05) is 24.7 Å². The highest BCUT2D eigenvalue weighted by Crippen LogP contribution is 2.33. The highest BCUT2D eigenvalue weighted by atomic mass is 32.2. The molecule has 0 unspecified atom stereocenters. The molecule has 2 aliphatic rings. The third-order valence-electron chi connectivity index (χ3n) is 5.23.